The maximum Gasteiger partial charge on any atom is 0.338 e. The summed E-state index contributed by atoms with van der Waals surface area (Å²) in [7, 11) is 2.92. The maximum absolute atomic E-state index is 13.0. The number of methoxy groups -OCH3 is 2. The number of ether oxygens (including phenoxy) is 2. The molecule has 3 aromatic carbocycles. The first-order chi connectivity index (χ1) is 18.4. The highest BCUT2D eigenvalue weighted by atomic mass is 35.5. The van der Waals surface area contributed by atoms with E-state index in [9.17, 15) is 19.5 Å². The number of rotatable bonds is 9. The Morgan fingerprint density at radius 2 is 1.46 bits per heavy atom. The summed E-state index contributed by atoms with van der Waals surface area (Å²) in [4.78, 5) is 38.3. The highest BCUT2D eigenvalue weighted by Crippen LogP contribution is 2.42. The highest BCUT2D eigenvalue weighted by Gasteiger charge is 2.29. The van der Waals surface area contributed by atoms with Gasteiger partial charge >= 0.3 is 5.97 Å². The summed E-state index contributed by atoms with van der Waals surface area (Å²) in [6.07, 6.45) is 0. The number of hydrogen-bond donors (Lipinski definition) is 3. The topological polar surface area (TPSA) is 114 Å². The van der Waals surface area contributed by atoms with E-state index in [1.54, 1.807) is 37.3 Å². The summed E-state index contributed by atoms with van der Waals surface area (Å²) < 4.78 is 10.5. The van der Waals surface area contributed by atoms with Crippen LogP contribution in [0.25, 0.3) is 0 Å². The third-order valence-corrected chi connectivity index (χ3v) is 8.40. The van der Waals surface area contributed by atoms with Crippen LogP contribution in [0.4, 0.5) is 11.4 Å². The zero-order valence-electron chi connectivity index (χ0n) is 20.3. The number of carboxylic acids is 1. The van der Waals surface area contributed by atoms with Gasteiger partial charge in [-0.05, 0) is 31.2 Å². The van der Waals surface area contributed by atoms with Crippen LogP contribution in [0.3, 0.4) is 0 Å². The first kappa shape index (κ1) is 31.0. The van der Waals surface area contributed by atoms with E-state index in [-0.39, 0.29) is 21.0 Å². The van der Waals surface area contributed by atoms with Gasteiger partial charge < -0.3 is 25.2 Å². The van der Waals surface area contributed by atoms with Gasteiger partial charge in [-0.15, -0.1) is 11.8 Å². The van der Waals surface area contributed by atoms with E-state index in [4.69, 9.17) is 67.5 Å². The van der Waals surface area contributed by atoms with Crippen LogP contribution in [0, 0.1) is 0 Å². The molecule has 1 unspecified atom stereocenters. The van der Waals surface area contributed by atoms with E-state index in [1.807, 2.05) is 0 Å². The Balaban J connectivity index is 1.79. The van der Waals surface area contributed by atoms with E-state index in [0.717, 1.165) is 0 Å². The van der Waals surface area contributed by atoms with Crippen LogP contribution in [0.1, 0.15) is 27.6 Å². The molecule has 8 nitrogen and oxygen atoms in total. The number of anilines is 2. The Morgan fingerprint density at radius 3 is 2.05 bits per heavy atom. The molecule has 0 saturated heterocycles. The average Bonchev–Trinajstić information content (AvgIpc) is 2.89. The molecule has 0 aromatic heterocycles. The third kappa shape index (κ3) is 6.98. The van der Waals surface area contributed by atoms with Crippen molar-refractivity contribution < 1.29 is 29.0 Å². The molecule has 0 aliphatic carbocycles. The molecule has 0 saturated carbocycles. The van der Waals surface area contributed by atoms with Gasteiger partial charge in [0, 0.05) is 16.6 Å². The molecule has 39 heavy (non-hydrogen) atoms. The van der Waals surface area contributed by atoms with Crippen LogP contribution >= 0.6 is 69.8 Å². The first-order valence-electron chi connectivity index (χ1n) is 10.8. The minimum absolute atomic E-state index is 0.252. The highest BCUT2D eigenvalue weighted by molar-refractivity contribution is 8.00. The smallest absolute Gasteiger partial charge is 0.338 e. The van der Waals surface area contributed by atoms with Crippen molar-refractivity contribution in [2.24, 2.45) is 0 Å². The lowest BCUT2D eigenvalue weighted by molar-refractivity contribution is -0.115. The minimum atomic E-state index is -1.51. The molecule has 1 atom stereocenters. The molecule has 14 heteroatoms. The molecule has 3 aromatic rings. The Labute approximate surface area is 252 Å². The monoisotopic (exact) mass is 650 g/mol. The normalized spacial score (nSPS) is 11.5. The number of thioether (sulfide) groups is 1. The van der Waals surface area contributed by atoms with Crippen LogP contribution in [0.2, 0.25) is 25.1 Å². The van der Waals surface area contributed by atoms with E-state index in [2.05, 4.69) is 10.6 Å². The molecular weight excluding hydrogens is 634 g/mol. The summed E-state index contributed by atoms with van der Waals surface area (Å²) in [5, 5.41) is 13.4. The van der Waals surface area contributed by atoms with Crippen LogP contribution in [-0.4, -0.2) is 42.4 Å². The average molecular weight is 653 g/mol. The van der Waals surface area contributed by atoms with Gasteiger partial charge in [0.25, 0.3) is 5.91 Å². The van der Waals surface area contributed by atoms with Crippen molar-refractivity contribution in [2.75, 3.05) is 24.9 Å². The Bertz CT molecular complexity index is 1470. The fraction of sp³-hybridized carbons (Fsp3) is 0.160. The van der Waals surface area contributed by atoms with Crippen molar-refractivity contribution in [3.8, 4) is 11.5 Å². The largest absolute Gasteiger partial charge is 0.495 e. The van der Waals surface area contributed by atoms with Gasteiger partial charge in [-0.1, -0.05) is 64.1 Å². The van der Waals surface area contributed by atoms with Gasteiger partial charge in [0.1, 0.15) is 11.5 Å². The Kier molecular flexibility index (Phi) is 10.5. The Morgan fingerprint density at radius 1 is 0.846 bits per heavy atom. The van der Waals surface area contributed by atoms with Crippen LogP contribution in [0.5, 0.6) is 11.5 Å². The van der Waals surface area contributed by atoms with Gasteiger partial charge in [-0.3, -0.25) is 9.59 Å². The minimum Gasteiger partial charge on any atom is -0.495 e. The molecule has 3 N–H and O–H groups in total. The number of hydrogen-bond acceptors (Lipinski definition) is 6. The predicted octanol–water partition coefficient (Wildman–Crippen LogP) is 8.04. The van der Waals surface area contributed by atoms with Gasteiger partial charge in [0.05, 0.1) is 61.4 Å². The number of benzene rings is 3. The van der Waals surface area contributed by atoms with Crippen LogP contribution in [-0.2, 0) is 4.79 Å². The standard InChI is InChI=1S/C25H19Cl5N2O6S/c1-10(23(33)32-14-8-13(26)15(37-2)9-16(14)38-3)39-12-6-4-5-11(7-12)31-24(34)17-18(25(35)36)20(28)22(30)21(29)19(17)27/h4-10H,1-3H3,(H,31,34)(H,32,33)(H,35,36). The van der Waals surface area contributed by atoms with Crippen molar-refractivity contribution in [1.29, 1.82) is 0 Å². The van der Waals surface area contributed by atoms with E-state index >= 15 is 0 Å². The number of carbonyl (C=O) groups is 3. The number of halogens is 5. The molecule has 2 amide bonds. The number of carbonyl (C=O) groups excluding carboxylic acids is 2. The second kappa shape index (κ2) is 13.2. The van der Waals surface area contributed by atoms with Crippen molar-refractivity contribution in [3.63, 3.8) is 0 Å². The number of nitrogens with one attached hydrogen (secondary N) is 2. The zero-order chi connectivity index (χ0) is 29.0. The molecule has 3 rings (SSSR count). The molecule has 0 aliphatic rings. The zero-order valence-corrected chi connectivity index (χ0v) is 24.9. The van der Waals surface area contributed by atoms with Gasteiger partial charge in [0.2, 0.25) is 5.91 Å². The lowest BCUT2D eigenvalue weighted by atomic mass is 10.1. The van der Waals surface area contributed by atoms with Gasteiger partial charge in [0.15, 0.2) is 0 Å². The van der Waals surface area contributed by atoms with Crippen LogP contribution < -0.4 is 20.1 Å². The summed E-state index contributed by atoms with van der Waals surface area (Å²) in [5.41, 5.74) is -0.358. The maximum atomic E-state index is 13.0. The number of carboxylic acid groups (broad SMARTS) is 1. The van der Waals surface area contributed by atoms with E-state index in [1.165, 1.54) is 32.0 Å². The van der Waals surface area contributed by atoms with E-state index < -0.39 is 33.3 Å². The third-order valence-electron chi connectivity index (χ3n) is 5.21. The lowest BCUT2D eigenvalue weighted by Gasteiger charge is -2.16. The SMILES string of the molecule is COc1cc(OC)c(NC(=O)C(C)Sc2cccc(NC(=O)c3c(Cl)c(Cl)c(Cl)c(Cl)c3C(=O)O)c2)cc1Cl. The second-order valence-corrected chi connectivity index (χ2v) is 11.1. The van der Waals surface area contributed by atoms with Crippen molar-refractivity contribution in [3.05, 3.63) is 72.6 Å². The molecule has 206 valence electrons. The molecule has 0 spiro atoms. The fourth-order valence-corrected chi connectivity index (χ4v) is 5.52. The van der Waals surface area contributed by atoms with Crippen LogP contribution in [0.15, 0.2) is 41.3 Å². The quantitative estimate of drug-likeness (QED) is 0.122. The lowest BCUT2D eigenvalue weighted by Crippen LogP contribution is -2.22. The van der Waals surface area contributed by atoms with Crippen molar-refractivity contribution in [1.82, 2.24) is 0 Å². The molecule has 0 heterocycles. The second-order valence-electron chi connectivity index (χ2n) is 7.73. The number of amides is 2. The number of aromatic carboxylic acids is 1. The fourth-order valence-electron chi connectivity index (χ4n) is 3.34. The molecule has 0 fully saturated rings. The summed E-state index contributed by atoms with van der Waals surface area (Å²) in [6.45, 7) is 1.69. The van der Waals surface area contributed by atoms with Gasteiger partial charge in [-0.25, -0.2) is 4.79 Å². The molecule has 0 aliphatic heterocycles. The molecular formula is C25H19Cl5N2O6S. The molecule has 0 radical (unpaired) electrons. The molecule has 0 bridgehead atoms. The van der Waals surface area contributed by atoms with Crippen molar-refractivity contribution in [2.45, 2.75) is 17.1 Å². The van der Waals surface area contributed by atoms with Gasteiger partial charge in [-0.2, -0.15) is 0 Å². The first-order valence-corrected chi connectivity index (χ1v) is 13.6. The summed E-state index contributed by atoms with van der Waals surface area (Å²) in [6, 6.07) is 9.65. The van der Waals surface area contributed by atoms with E-state index in [0.29, 0.717) is 32.8 Å². The summed E-state index contributed by atoms with van der Waals surface area (Å²) in [5.74, 6) is -1.95. The van der Waals surface area contributed by atoms with Crippen molar-refractivity contribution >= 4 is 98.9 Å². The summed E-state index contributed by atoms with van der Waals surface area (Å²) >= 11 is 31.6. The predicted molar refractivity (Wildman–Crippen MR) is 156 cm³/mol. The Hall–Kier alpha value is -2.53.